The molecule has 1 atom stereocenters. The van der Waals surface area contributed by atoms with E-state index in [-0.39, 0.29) is 18.5 Å². The smallest absolute Gasteiger partial charge is 0.325 e. The number of rotatable bonds is 7. The summed E-state index contributed by atoms with van der Waals surface area (Å²) in [6, 6.07) is 20.6. The number of ether oxygens (including phenoxy) is 1. The second-order valence-electron chi connectivity index (χ2n) is 7.07. The van der Waals surface area contributed by atoms with Gasteiger partial charge in [0.25, 0.3) is 11.8 Å². The number of benzene rings is 3. The van der Waals surface area contributed by atoms with Gasteiger partial charge in [0.05, 0.1) is 6.04 Å². The second kappa shape index (κ2) is 9.69. The fourth-order valence-electron chi connectivity index (χ4n) is 3.23. The molecule has 6 nitrogen and oxygen atoms in total. The highest BCUT2D eigenvalue weighted by atomic mass is 16.5. The first-order valence-corrected chi connectivity index (χ1v) is 9.71. The van der Waals surface area contributed by atoms with Gasteiger partial charge in [-0.05, 0) is 42.3 Å². The Labute approximate surface area is 175 Å². The van der Waals surface area contributed by atoms with E-state index in [2.05, 4.69) is 10.6 Å². The molecule has 2 N–H and O–H groups in total. The molecule has 0 unspecified atom stereocenters. The van der Waals surface area contributed by atoms with Gasteiger partial charge in [-0.1, -0.05) is 60.2 Å². The molecule has 0 saturated carbocycles. The number of amides is 2. The average molecular weight is 404 g/mol. The Hall–Kier alpha value is -3.67. The first-order valence-electron chi connectivity index (χ1n) is 9.71. The van der Waals surface area contributed by atoms with Gasteiger partial charge in [-0.25, -0.2) is 0 Å². The Morgan fingerprint density at radius 3 is 2.50 bits per heavy atom. The largest absolute Gasteiger partial charge is 0.454 e. The second-order valence-corrected chi connectivity index (χ2v) is 7.07. The lowest BCUT2D eigenvalue weighted by atomic mass is 10.00. The van der Waals surface area contributed by atoms with Crippen molar-refractivity contribution < 1.29 is 19.1 Å². The van der Waals surface area contributed by atoms with Crippen LogP contribution in [0.2, 0.25) is 0 Å². The number of hydrogen-bond donors (Lipinski definition) is 2. The molecule has 0 radical (unpaired) electrons. The first kappa shape index (κ1) is 21.0. The van der Waals surface area contributed by atoms with Crippen molar-refractivity contribution in [3.05, 3.63) is 83.4 Å². The molecule has 2 amide bonds. The molecular formula is C24H24N2O4. The van der Waals surface area contributed by atoms with Gasteiger partial charge in [0.2, 0.25) is 0 Å². The van der Waals surface area contributed by atoms with E-state index in [1.54, 1.807) is 18.2 Å². The van der Waals surface area contributed by atoms with Crippen LogP contribution in [0.25, 0.3) is 10.8 Å². The molecular weight excluding hydrogens is 380 g/mol. The minimum atomic E-state index is -0.677. The molecule has 6 heteroatoms. The van der Waals surface area contributed by atoms with E-state index in [0.29, 0.717) is 5.56 Å². The number of esters is 1. The van der Waals surface area contributed by atoms with Crippen molar-refractivity contribution in [2.24, 2.45) is 0 Å². The highest BCUT2D eigenvalue weighted by Gasteiger charge is 2.14. The molecule has 154 valence electrons. The Bertz CT molecular complexity index is 1070. The van der Waals surface area contributed by atoms with E-state index >= 15 is 0 Å². The van der Waals surface area contributed by atoms with Crippen molar-refractivity contribution in [2.45, 2.75) is 19.9 Å². The van der Waals surface area contributed by atoms with Crippen LogP contribution in [0.5, 0.6) is 0 Å². The van der Waals surface area contributed by atoms with Crippen LogP contribution in [0.15, 0.2) is 66.7 Å². The van der Waals surface area contributed by atoms with E-state index < -0.39 is 18.5 Å². The SMILES string of the molecule is Cc1cccc(C(=O)NCC(=O)OCC(=O)N[C@H](C)c2cccc3ccccc23)c1. The van der Waals surface area contributed by atoms with Gasteiger partial charge in [-0.3, -0.25) is 14.4 Å². The maximum atomic E-state index is 12.2. The Morgan fingerprint density at radius 1 is 0.967 bits per heavy atom. The summed E-state index contributed by atoms with van der Waals surface area (Å²) < 4.78 is 4.97. The molecule has 0 aromatic heterocycles. The summed E-state index contributed by atoms with van der Waals surface area (Å²) in [5.41, 5.74) is 2.39. The summed E-state index contributed by atoms with van der Waals surface area (Å²) in [6.07, 6.45) is 0. The van der Waals surface area contributed by atoms with Crippen LogP contribution >= 0.6 is 0 Å². The van der Waals surface area contributed by atoms with E-state index in [1.807, 2.05) is 62.4 Å². The minimum Gasteiger partial charge on any atom is -0.454 e. The van der Waals surface area contributed by atoms with Crippen molar-refractivity contribution in [1.82, 2.24) is 10.6 Å². The highest BCUT2D eigenvalue weighted by molar-refractivity contribution is 5.96. The quantitative estimate of drug-likeness (QED) is 0.592. The lowest BCUT2D eigenvalue weighted by molar-refractivity contribution is -0.147. The predicted molar refractivity (Wildman–Crippen MR) is 115 cm³/mol. The van der Waals surface area contributed by atoms with Crippen LogP contribution in [-0.4, -0.2) is 30.9 Å². The molecule has 0 aliphatic carbocycles. The number of nitrogens with one attached hydrogen (secondary N) is 2. The first-order chi connectivity index (χ1) is 14.4. The molecule has 30 heavy (non-hydrogen) atoms. The van der Waals surface area contributed by atoms with Crippen molar-refractivity contribution in [2.75, 3.05) is 13.2 Å². The van der Waals surface area contributed by atoms with Crippen LogP contribution in [0.1, 0.15) is 34.5 Å². The lowest BCUT2D eigenvalue weighted by Crippen LogP contribution is -2.34. The number of fused-ring (bicyclic) bond motifs is 1. The Kier molecular flexibility index (Phi) is 6.80. The predicted octanol–water partition coefficient (Wildman–Crippen LogP) is 3.30. The van der Waals surface area contributed by atoms with Crippen molar-refractivity contribution in [3.8, 4) is 0 Å². The minimum absolute atomic E-state index is 0.247. The third kappa shape index (κ3) is 5.44. The topological polar surface area (TPSA) is 84.5 Å². The van der Waals surface area contributed by atoms with Gasteiger partial charge in [-0.2, -0.15) is 0 Å². The van der Waals surface area contributed by atoms with Gasteiger partial charge in [0.15, 0.2) is 6.61 Å². The molecule has 0 aliphatic rings. The van der Waals surface area contributed by atoms with Crippen molar-refractivity contribution in [1.29, 1.82) is 0 Å². The highest BCUT2D eigenvalue weighted by Crippen LogP contribution is 2.23. The zero-order valence-electron chi connectivity index (χ0n) is 17.0. The van der Waals surface area contributed by atoms with Crippen molar-refractivity contribution in [3.63, 3.8) is 0 Å². The molecule has 3 aromatic rings. The lowest BCUT2D eigenvalue weighted by Gasteiger charge is -2.16. The van der Waals surface area contributed by atoms with Crippen LogP contribution < -0.4 is 10.6 Å². The molecule has 0 fully saturated rings. The molecule has 3 rings (SSSR count). The van der Waals surface area contributed by atoms with E-state index in [0.717, 1.165) is 21.9 Å². The zero-order chi connectivity index (χ0) is 21.5. The molecule has 0 spiro atoms. The normalized spacial score (nSPS) is 11.5. The monoisotopic (exact) mass is 404 g/mol. The van der Waals surface area contributed by atoms with E-state index in [9.17, 15) is 14.4 Å². The van der Waals surface area contributed by atoms with Gasteiger partial charge in [0, 0.05) is 5.56 Å². The summed E-state index contributed by atoms with van der Waals surface area (Å²) in [7, 11) is 0. The Morgan fingerprint density at radius 2 is 1.70 bits per heavy atom. The standard InChI is InChI=1S/C24H24N2O4/c1-16-7-5-10-19(13-16)24(29)25-14-23(28)30-15-22(27)26-17(2)20-12-6-9-18-8-3-4-11-21(18)20/h3-13,17H,14-15H2,1-2H3,(H,25,29)(H,26,27)/t17-/m1/s1. The van der Waals surface area contributed by atoms with Gasteiger partial charge < -0.3 is 15.4 Å². The molecule has 0 bridgehead atoms. The fraction of sp³-hybridized carbons (Fsp3) is 0.208. The number of hydrogen-bond acceptors (Lipinski definition) is 4. The number of aryl methyl sites for hydroxylation is 1. The van der Waals surface area contributed by atoms with Crippen LogP contribution in [-0.2, 0) is 14.3 Å². The summed E-state index contributed by atoms with van der Waals surface area (Å²) in [4.78, 5) is 36.1. The molecule has 0 saturated heterocycles. The summed E-state index contributed by atoms with van der Waals surface area (Å²) in [6.45, 7) is 3.04. The van der Waals surface area contributed by atoms with E-state index in [4.69, 9.17) is 4.74 Å². The third-order valence-corrected chi connectivity index (χ3v) is 4.71. The fourth-order valence-corrected chi connectivity index (χ4v) is 3.23. The number of carbonyl (C=O) groups excluding carboxylic acids is 3. The molecule has 0 heterocycles. The van der Waals surface area contributed by atoms with Gasteiger partial charge >= 0.3 is 5.97 Å². The van der Waals surface area contributed by atoms with Crippen LogP contribution in [0.4, 0.5) is 0 Å². The van der Waals surface area contributed by atoms with Crippen LogP contribution in [0.3, 0.4) is 0 Å². The number of carbonyl (C=O) groups is 3. The average Bonchev–Trinajstić information content (AvgIpc) is 2.75. The maximum absolute atomic E-state index is 12.2. The maximum Gasteiger partial charge on any atom is 0.325 e. The van der Waals surface area contributed by atoms with E-state index in [1.165, 1.54) is 0 Å². The van der Waals surface area contributed by atoms with Crippen molar-refractivity contribution >= 4 is 28.6 Å². The van der Waals surface area contributed by atoms with Crippen LogP contribution in [0, 0.1) is 6.92 Å². The summed E-state index contributed by atoms with van der Waals surface area (Å²) >= 11 is 0. The Balaban J connectivity index is 1.47. The van der Waals surface area contributed by atoms with Gasteiger partial charge in [0.1, 0.15) is 6.54 Å². The third-order valence-electron chi connectivity index (χ3n) is 4.71. The molecule has 3 aromatic carbocycles. The summed E-state index contributed by atoms with van der Waals surface area (Å²) in [5.74, 6) is -1.46. The zero-order valence-corrected chi connectivity index (χ0v) is 17.0. The molecule has 0 aliphatic heterocycles. The summed E-state index contributed by atoms with van der Waals surface area (Å²) in [5, 5.41) is 7.48. The van der Waals surface area contributed by atoms with Gasteiger partial charge in [-0.15, -0.1) is 0 Å².